The van der Waals surface area contributed by atoms with Crippen molar-refractivity contribution in [3.63, 3.8) is 0 Å². The lowest BCUT2D eigenvalue weighted by Gasteiger charge is -2.20. The van der Waals surface area contributed by atoms with E-state index in [9.17, 15) is 14.4 Å². The molecule has 0 spiro atoms. The number of thiophene rings is 1. The summed E-state index contributed by atoms with van der Waals surface area (Å²) in [5.41, 5.74) is 1.31. The molecule has 3 aromatic rings. The van der Waals surface area contributed by atoms with E-state index in [1.54, 1.807) is 18.2 Å². The molecule has 9 heteroatoms. The third kappa shape index (κ3) is 5.11. The molecule has 0 aliphatic carbocycles. The van der Waals surface area contributed by atoms with E-state index in [2.05, 4.69) is 15.3 Å². The largest absolute Gasteiger partial charge is 0.495 e. The zero-order valence-electron chi connectivity index (χ0n) is 18.1. The van der Waals surface area contributed by atoms with Crippen LogP contribution < -0.4 is 15.6 Å². The number of H-pyrrole nitrogens is 1. The number of hydrogen-bond acceptors (Lipinski definition) is 6. The number of nitrogens with one attached hydrogen (secondary N) is 2. The molecule has 0 saturated heterocycles. The maximum Gasteiger partial charge on any atom is 0.259 e. The molecular formula is C22H26N4O4S. The molecule has 0 aliphatic rings. The van der Waals surface area contributed by atoms with E-state index in [4.69, 9.17) is 4.74 Å². The Labute approximate surface area is 184 Å². The van der Waals surface area contributed by atoms with Crippen molar-refractivity contribution in [3.05, 3.63) is 50.9 Å². The van der Waals surface area contributed by atoms with Crippen LogP contribution in [0.3, 0.4) is 0 Å². The third-order valence-electron chi connectivity index (χ3n) is 5.11. The van der Waals surface area contributed by atoms with Gasteiger partial charge in [-0.3, -0.25) is 14.4 Å². The van der Waals surface area contributed by atoms with Crippen LogP contribution in [0.15, 0.2) is 29.1 Å². The van der Waals surface area contributed by atoms with Crippen molar-refractivity contribution in [1.82, 2.24) is 14.9 Å². The Morgan fingerprint density at radius 1 is 1.26 bits per heavy atom. The average Bonchev–Trinajstić information content (AvgIpc) is 3.04. The van der Waals surface area contributed by atoms with E-state index in [0.717, 1.165) is 10.4 Å². The minimum atomic E-state index is -0.308. The number of hydrogen-bond donors (Lipinski definition) is 2. The Balaban J connectivity index is 1.63. The van der Waals surface area contributed by atoms with Crippen molar-refractivity contribution in [2.75, 3.05) is 25.5 Å². The van der Waals surface area contributed by atoms with Gasteiger partial charge in [-0.25, -0.2) is 4.98 Å². The predicted octanol–water partition coefficient (Wildman–Crippen LogP) is 3.03. The van der Waals surface area contributed by atoms with Crippen LogP contribution in [0.2, 0.25) is 0 Å². The number of amides is 2. The minimum Gasteiger partial charge on any atom is -0.495 e. The van der Waals surface area contributed by atoms with Crippen molar-refractivity contribution in [2.24, 2.45) is 0 Å². The van der Waals surface area contributed by atoms with Crippen LogP contribution in [0, 0.1) is 13.8 Å². The summed E-state index contributed by atoms with van der Waals surface area (Å²) in [6, 6.07) is 7.09. The highest BCUT2D eigenvalue weighted by atomic mass is 32.1. The van der Waals surface area contributed by atoms with Gasteiger partial charge in [0.15, 0.2) is 0 Å². The van der Waals surface area contributed by atoms with E-state index < -0.39 is 0 Å². The second-order valence-electron chi connectivity index (χ2n) is 7.13. The first kappa shape index (κ1) is 22.5. The molecule has 0 saturated carbocycles. The van der Waals surface area contributed by atoms with Crippen LogP contribution in [-0.4, -0.2) is 46.9 Å². The van der Waals surface area contributed by atoms with Gasteiger partial charge >= 0.3 is 0 Å². The maximum atomic E-state index is 12.7. The molecular weight excluding hydrogens is 416 g/mol. The van der Waals surface area contributed by atoms with Gasteiger partial charge in [-0.15, -0.1) is 11.3 Å². The second-order valence-corrected chi connectivity index (χ2v) is 8.34. The fourth-order valence-corrected chi connectivity index (χ4v) is 4.34. The molecule has 2 aromatic heterocycles. The van der Waals surface area contributed by atoms with Crippen molar-refractivity contribution < 1.29 is 14.3 Å². The lowest BCUT2D eigenvalue weighted by Crippen LogP contribution is -2.38. The standard InChI is InChI=1S/C22H26N4O4S/c1-5-26(12-18(27)23-15-8-6-7-9-16(15)30-4)19(28)11-10-17-24-21(29)20-13(2)14(3)31-22(20)25-17/h6-9H,5,10-12H2,1-4H3,(H,23,27)(H,24,25,29). The van der Waals surface area contributed by atoms with Gasteiger partial charge in [0.25, 0.3) is 5.56 Å². The molecule has 164 valence electrons. The minimum absolute atomic E-state index is 0.0698. The quantitative estimate of drug-likeness (QED) is 0.558. The van der Waals surface area contributed by atoms with Gasteiger partial charge < -0.3 is 19.9 Å². The van der Waals surface area contributed by atoms with E-state index in [1.807, 2.05) is 26.8 Å². The van der Waals surface area contributed by atoms with Gasteiger partial charge in [0.05, 0.1) is 24.7 Å². The SMILES string of the molecule is CCN(CC(=O)Nc1ccccc1OC)C(=O)CCc1nc2sc(C)c(C)c2c(=O)[nH]1. The third-order valence-corrected chi connectivity index (χ3v) is 6.21. The summed E-state index contributed by atoms with van der Waals surface area (Å²) in [6.45, 7) is 6.00. The van der Waals surface area contributed by atoms with Crippen molar-refractivity contribution >= 4 is 39.1 Å². The first-order chi connectivity index (χ1) is 14.8. The second kappa shape index (κ2) is 9.74. The first-order valence-corrected chi connectivity index (χ1v) is 10.8. The summed E-state index contributed by atoms with van der Waals surface area (Å²) < 4.78 is 5.23. The van der Waals surface area contributed by atoms with E-state index in [-0.39, 0.29) is 30.3 Å². The molecule has 2 heterocycles. The van der Waals surface area contributed by atoms with Gasteiger partial charge in [-0.2, -0.15) is 0 Å². The van der Waals surface area contributed by atoms with Crippen LogP contribution in [0.4, 0.5) is 5.69 Å². The Morgan fingerprint density at radius 2 is 2.00 bits per heavy atom. The molecule has 0 radical (unpaired) electrons. The molecule has 0 atom stereocenters. The summed E-state index contributed by atoms with van der Waals surface area (Å²) in [5, 5.41) is 3.39. The fourth-order valence-electron chi connectivity index (χ4n) is 3.29. The number of aromatic nitrogens is 2. The van der Waals surface area contributed by atoms with Crippen molar-refractivity contribution in [3.8, 4) is 5.75 Å². The fraction of sp³-hybridized carbons (Fsp3) is 0.364. The molecule has 2 amide bonds. The summed E-state index contributed by atoms with van der Waals surface area (Å²) in [5.74, 6) is 0.535. The number of nitrogens with zero attached hydrogens (tertiary/aromatic N) is 2. The number of ether oxygens (including phenoxy) is 1. The van der Waals surface area contributed by atoms with Crippen LogP contribution in [0.5, 0.6) is 5.75 Å². The number of carbonyl (C=O) groups excluding carboxylic acids is 2. The topological polar surface area (TPSA) is 104 Å². The zero-order valence-corrected chi connectivity index (χ0v) is 18.9. The summed E-state index contributed by atoms with van der Waals surface area (Å²) in [6.07, 6.45) is 0.443. The summed E-state index contributed by atoms with van der Waals surface area (Å²) in [4.78, 5) is 48.0. The number of likely N-dealkylation sites (N-methyl/N-ethyl adjacent to an activating group) is 1. The lowest BCUT2D eigenvalue weighted by atomic mass is 10.2. The van der Waals surface area contributed by atoms with Crippen LogP contribution in [0.25, 0.3) is 10.2 Å². The zero-order chi connectivity index (χ0) is 22.5. The number of para-hydroxylation sites is 2. The highest BCUT2D eigenvalue weighted by Crippen LogP contribution is 2.26. The highest BCUT2D eigenvalue weighted by molar-refractivity contribution is 7.18. The van der Waals surface area contributed by atoms with E-state index in [0.29, 0.717) is 40.4 Å². The average molecular weight is 443 g/mol. The van der Waals surface area contributed by atoms with E-state index >= 15 is 0 Å². The summed E-state index contributed by atoms with van der Waals surface area (Å²) in [7, 11) is 1.53. The number of benzene rings is 1. The van der Waals surface area contributed by atoms with Crippen LogP contribution in [-0.2, 0) is 16.0 Å². The van der Waals surface area contributed by atoms with Gasteiger partial charge in [0.1, 0.15) is 16.4 Å². The van der Waals surface area contributed by atoms with Gasteiger partial charge in [0, 0.05) is 24.3 Å². The Kier molecular flexibility index (Phi) is 7.06. The Hall–Kier alpha value is -3.20. The number of fused-ring (bicyclic) bond motifs is 1. The van der Waals surface area contributed by atoms with Gasteiger partial charge in [-0.1, -0.05) is 12.1 Å². The van der Waals surface area contributed by atoms with Gasteiger partial charge in [-0.05, 0) is 38.5 Å². The van der Waals surface area contributed by atoms with Crippen molar-refractivity contribution in [1.29, 1.82) is 0 Å². The number of aryl methyl sites for hydroxylation is 3. The highest BCUT2D eigenvalue weighted by Gasteiger charge is 2.18. The molecule has 31 heavy (non-hydrogen) atoms. The predicted molar refractivity (Wildman–Crippen MR) is 122 cm³/mol. The molecule has 8 nitrogen and oxygen atoms in total. The number of carbonyl (C=O) groups is 2. The molecule has 0 fully saturated rings. The van der Waals surface area contributed by atoms with E-state index in [1.165, 1.54) is 23.3 Å². The molecule has 0 bridgehead atoms. The van der Waals surface area contributed by atoms with Crippen LogP contribution in [0.1, 0.15) is 29.6 Å². The monoisotopic (exact) mass is 442 g/mol. The van der Waals surface area contributed by atoms with Gasteiger partial charge in [0.2, 0.25) is 11.8 Å². The lowest BCUT2D eigenvalue weighted by molar-refractivity contribution is -0.134. The van der Waals surface area contributed by atoms with Crippen LogP contribution >= 0.6 is 11.3 Å². The normalized spacial score (nSPS) is 10.8. The molecule has 0 unspecified atom stereocenters. The molecule has 2 N–H and O–H groups in total. The number of rotatable bonds is 8. The maximum absolute atomic E-state index is 12.7. The summed E-state index contributed by atoms with van der Waals surface area (Å²) >= 11 is 1.47. The Bertz CT molecular complexity index is 1170. The molecule has 3 rings (SSSR count). The number of aromatic amines is 1. The first-order valence-electron chi connectivity index (χ1n) is 10.0. The smallest absolute Gasteiger partial charge is 0.259 e. The number of anilines is 1. The molecule has 0 aliphatic heterocycles. The van der Waals surface area contributed by atoms with Crippen molar-refractivity contribution in [2.45, 2.75) is 33.6 Å². The molecule has 1 aromatic carbocycles. The number of methoxy groups -OCH3 is 1. The Morgan fingerprint density at radius 3 is 2.71 bits per heavy atom.